The van der Waals surface area contributed by atoms with E-state index in [4.69, 9.17) is 4.74 Å². The molecule has 0 spiro atoms. The van der Waals surface area contributed by atoms with E-state index in [0.29, 0.717) is 13.2 Å². The number of nitrogens with zero attached hydrogens (tertiary/aromatic N) is 3. The summed E-state index contributed by atoms with van der Waals surface area (Å²) < 4.78 is 8.12. The molecule has 1 aromatic heterocycles. The molecule has 4 nitrogen and oxygen atoms in total. The van der Waals surface area contributed by atoms with Crippen molar-refractivity contribution in [2.45, 2.75) is 37.0 Å². The minimum absolute atomic E-state index is 0.0217. The molecule has 0 saturated heterocycles. The number of hydrogen-bond donors (Lipinski definition) is 0. The molecule has 1 atom stereocenters. The zero-order valence-electron chi connectivity index (χ0n) is 23.5. The van der Waals surface area contributed by atoms with E-state index >= 15 is 0 Å². The van der Waals surface area contributed by atoms with Crippen LogP contribution in [-0.4, -0.2) is 35.4 Å². The summed E-state index contributed by atoms with van der Waals surface area (Å²) in [6, 6.07) is 43.0. The van der Waals surface area contributed by atoms with Gasteiger partial charge in [-0.3, -0.25) is 0 Å². The fourth-order valence-electron chi connectivity index (χ4n) is 5.12. The van der Waals surface area contributed by atoms with E-state index in [-0.39, 0.29) is 6.04 Å². The van der Waals surface area contributed by atoms with Crippen molar-refractivity contribution in [2.75, 3.05) is 12.4 Å². The molecule has 5 aromatic rings. The summed E-state index contributed by atoms with van der Waals surface area (Å²) in [5.74, 6) is 0.800. The first kappa shape index (κ1) is 28.1. The van der Waals surface area contributed by atoms with Crippen LogP contribution < -0.4 is 5.32 Å². The molecule has 1 heterocycles. The smallest absolute Gasteiger partial charge is 0.103 e. The Bertz CT molecular complexity index is 1360. The van der Waals surface area contributed by atoms with E-state index in [9.17, 15) is 0 Å². The molecule has 5 rings (SSSR count). The SMILES string of the molecule is C[Si](C)(C)c1cnnn1C(COCc1ccccc1)CSC(c1ccccc1)(c1ccccc1)c1ccccc1. The molecule has 0 fully saturated rings. The van der Waals surface area contributed by atoms with Crippen molar-refractivity contribution in [1.82, 2.24) is 15.0 Å². The highest BCUT2D eigenvalue weighted by molar-refractivity contribution is 8.00. The van der Waals surface area contributed by atoms with Gasteiger partial charge in [-0.1, -0.05) is 146 Å². The van der Waals surface area contributed by atoms with Crippen LogP contribution in [0.25, 0.3) is 0 Å². The molecule has 0 N–H and O–H groups in total. The number of benzene rings is 4. The standard InChI is InChI=1S/C34H37N3OSSi/c1-40(2,3)33-24-35-36-37(33)32(26-38-25-28-16-8-4-9-17-28)27-39-34(29-18-10-5-11-19-29,30-20-12-6-13-21-30)31-22-14-7-15-23-31/h4-24,32H,25-27H2,1-3H3. The second-order valence-corrected chi connectivity index (χ2v) is 17.3. The van der Waals surface area contributed by atoms with E-state index in [0.717, 1.165) is 5.75 Å². The van der Waals surface area contributed by atoms with Crippen LogP contribution in [0.2, 0.25) is 19.6 Å². The lowest BCUT2D eigenvalue weighted by Gasteiger charge is -2.37. The fourth-order valence-corrected chi connectivity index (χ4v) is 8.06. The van der Waals surface area contributed by atoms with Gasteiger partial charge in [-0.2, -0.15) is 0 Å². The Hall–Kier alpha value is -3.45. The number of aromatic nitrogens is 3. The number of hydrogen-bond acceptors (Lipinski definition) is 4. The van der Waals surface area contributed by atoms with Crippen molar-refractivity contribution in [3.05, 3.63) is 150 Å². The summed E-state index contributed by atoms with van der Waals surface area (Å²) in [6.07, 6.45) is 1.96. The van der Waals surface area contributed by atoms with Crippen LogP contribution in [0.5, 0.6) is 0 Å². The van der Waals surface area contributed by atoms with Gasteiger partial charge >= 0.3 is 0 Å². The number of rotatable bonds is 12. The highest BCUT2D eigenvalue weighted by Gasteiger charge is 2.38. The second kappa shape index (κ2) is 12.8. The van der Waals surface area contributed by atoms with Crippen LogP contribution >= 0.6 is 11.8 Å². The van der Waals surface area contributed by atoms with Crippen LogP contribution in [-0.2, 0) is 16.1 Å². The molecular weight excluding hydrogens is 527 g/mol. The minimum atomic E-state index is -1.69. The Morgan fingerprint density at radius 3 is 1.68 bits per heavy atom. The van der Waals surface area contributed by atoms with Gasteiger partial charge in [0.25, 0.3) is 0 Å². The lowest BCUT2D eigenvalue weighted by Crippen LogP contribution is -2.45. The lowest BCUT2D eigenvalue weighted by molar-refractivity contribution is 0.0929. The predicted octanol–water partition coefficient (Wildman–Crippen LogP) is 7.31. The average molecular weight is 564 g/mol. The summed E-state index contributed by atoms with van der Waals surface area (Å²) in [7, 11) is -1.69. The molecule has 0 aliphatic carbocycles. The monoisotopic (exact) mass is 563 g/mol. The first-order chi connectivity index (χ1) is 19.5. The van der Waals surface area contributed by atoms with Crippen LogP contribution in [0.1, 0.15) is 28.3 Å². The van der Waals surface area contributed by atoms with Crippen molar-refractivity contribution in [3.8, 4) is 0 Å². The van der Waals surface area contributed by atoms with Gasteiger partial charge in [0.2, 0.25) is 0 Å². The van der Waals surface area contributed by atoms with Crippen LogP contribution in [0.3, 0.4) is 0 Å². The van der Waals surface area contributed by atoms with Gasteiger partial charge in [0, 0.05) is 11.1 Å². The van der Waals surface area contributed by atoms with E-state index in [1.165, 1.54) is 27.6 Å². The Morgan fingerprint density at radius 2 is 1.20 bits per heavy atom. The maximum atomic E-state index is 6.37. The van der Waals surface area contributed by atoms with Gasteiger partial charge in [-0.25, -0.2) is 4.68 Å². The zero-order valence-corrected chi connectivity index (χ0v) is 25.3. The van der Waals surface area contributed by atoms with Crippen LogP contribution in [0.4, 0.5) is 0 Å². The normalized spacial score (nSPS) is 12.8. The van der Waals surface area contributed by atoms with E-state index in [1.807, 2.05) is 24.0 Å². The van der Waals surface area contributed by atoms with Crippen LogP contribution in [0, 0.1) is 0 Å². The minimum Gasteiger partial charge on any atom is -0.375 e. The largest absolute Gasteiger partial charge is 0.375 e. The Balaban J connectivity index is 1.54. The topological polar surface area (TPSA) is 39.9 Å². The van der Waals surface area contributed by atoms with Crippen molar-refractivity contribution in [1.29, 1.82) is 0 Å². The zero-order chi connectivity index (χ0) is 27.8. The molecule has 6 heteroatoms. The summed E-state index contributed by atoms with van der Waals surface area (Å²) in [6.45, 7) is 8.16. The van der Waals surface area contributed by atoms with Gasteiger partial charge < -0.3 is 4.74 Å². The summed E-state index contributed by atoms with van der Waals surface area (Å²) in [5.41, 5.74) is 4.94. The highest BCUT2D eigenvalue weighted by atomic mass is 32.2. The summed E-state index contributed by atoms with van der Waals surface area (Å²) in [4.78, 5) is 0. The molecule has 204 valence electrons. The van der Waals surface area contributed by atoms with Gasteiger partial charge in [0.1, 0.15) is 8.07 Å². The molecular formula is C34H37N3OSSi. The van der Waals surface area contributed by atoms with Gasteiger partial charge in [-0.05, 0) is 22.3 Å². The predicted molar refractivity (Wildman–Crippen MR) is 170 cm³/mol. The van der Waals surface area contributed by atoms with Crippen molar-refractivity contribution < 1.29 is 4.74 Å². The van der Waals surface area contributed by atoms with E-state index < -0.39 is 12.8 Å². The van der Waals surface area contributed by atoms with Gasteiger partial charge in [0.15, 0.2) is 0 Å². The number of ether oxygens (including phenoxy) is 1. The Labute approximate surface area is 243 Å². The Kier molecular flexibility index (Phi) is 9.00. The van der Waals surface area contributed by atoms with Gasteiger partial charge in [-0.15, -0.1) is 16.9 Å². The molecule has 40 heavy (non-hydrogen) atoms. The van der Waals surface area contributed by atoms with Crippen molar-refractivity contribution in [2.24, 2.45) is 0 Å². The summed E-state index contributed by atoms with van der Waals surface area (Å²) >= 11 is 1.95. The van der Waals surface area contributed by atoms with Crippen molar-refractivity contribution >= 4 is 25.2 Å². The first-order valence-electron chi connectivity index (χ1n) is 13.8. The first-order valence-corrected chi connectivity index (χ1v) is 18.3. The lowest BCUT2D eigenvalue weighted by atomic mass is 9.84. The number of thioether (sulfide) groups is 1. The molecule has 0 aliphatic rings. The molecule has 0 aliphatic heterocycles. The molecule has 0 saturated carbocycles. The fraction of sp³-hybridized carbons (Fsp3) is 0.235. The third-order valence-corrected chi connectivity index (χ3v) is 10.7. The third-order valence-electron chi connectivity index (χ3n) is 7.14. The average Bonchev–Trinajstić information content (AvgIpc) is 3.50. The van der Waals surface area contributed by atoms with E-state index in [2.05, 4.69) is 150 Å². The second-order valence-electron chi connectivity index (χ2n) is 11.1. The maximum Gasteiger partial charge on any atom is 0.103 e. The Morgan fingerprint density at radius 1 is 0.725 bits per heavy atom. The van der Waals surface area contributed by atoms with Crippen molar-refractivity contribution in [3.63, 3.8) is 0 Å². The maximum absolute atomic E-state index is 6.37. The molecule has 1 unspecified atom stereocenters. The highest BCUT2D eigenvalue weighted by Crippen LogP contribution is 2.49. The quantitative estimate of drug-likeness (QED) is 0.118. The third kappa shape index (κ3) is 6.30. The molecule has 4 aromatic carbocycles. The molecule has 0 bridgehead atoms. The van der Waals surface area contributed by atoms with Crippen LogP contribution in [0.15, 0.2) is 128 Å². The summed E-state index contributed by atoms with van der Waals surface area (Å²) in [5, 5.41) is 10.3. The van der Waals surface area contributed by atoms with E-state index in [1.54, 1.807) is 0 Å². The molecule has 0 radical (unpaired) electrons. The molecule has 0 amide bonds. The van der Waals surface area contributed by atoms with Gasteiger partial charge in [0.05, 0.1) is 30.2 Å².